The first-order chi connectivity index (χ1) is 8.33. The van der Waals surface area contributed by atoms with E-state index in [1.165, 1.54) is 12.8 Å². The molecule has 0 saturated heterocycles. The monoisotopic (exact) mass is 231 g/mol. The first-order valence-electron chi connectivity index (χ1n) is 6.11. The molecule has 1 fully saturated rings. The van der Waals surface area contributed by atoms with Gasteiger partial charge in [0.05, 0.1) is 5.69 Å². The van der Waals surface area contributed by atoms with Crippen LogP contribution in [-0.4, -0.2) is 33.7 Å². The number of aromatic nitrogens is 3. The van der Waals surface area contributed by atoms with Crippen molar-refractivity contribution < 1.29 is 0 Å². The molecule has 2 aromatic rings. The molecule has 0 bridgehead atoms. The Morgan fingerprint density at radius 1 is 1.41 bits per heavy atom. The molecule has 0 unspecified atom stereocenters. The van der Waals surface area contributed by atoms with E-state index in [4.69, 9.17) is 0 Å². The minimum Gasteiger partial charge on any atom is -0.367 e. The molecule has 5 heteroatoms. The third-order valence-electron chi connectivity index (χ3n) is 2.94. The van der Waals surface area contributed by atoms with Crippen LogP contribution in [0.1, 0.15) is 18.5 Å². The minimum absolute atomic E-state index is 0.762. The highest BCUT2D eigenvalue weighted by Gasteiger charge is 2.19. The fourth-order valence-corrected chi connectivity index (χ4v) is 1.93. The number of rotatable bonds is 5. The zero-order chi connectivity index (χ0) is 11.7. The molecule has 0 aromatic carbocycles. The maximum Gasteiger partial charge on any atom is 0.152 e. The Balaban J connectivity index is 1.66. The molecule has 2 aromatic heterocycles. The van der Waals surface area contributed by atoms with Crippen molar-refractivity contribution in [1.82, 2.24) is 19.9 Å². The minimum atomic E-state index is 0.762. The van der Waals surface area contributed by atoms with E-state index in [9.17, 15) is 0 Å². The van der Waals surface area contributed by atoms with Gasteiger partial charge in [0.15, 0.2) is 5.82 Å². The van der Waals surface area contributed by atoms with Crippen molar-refractivity contribution in [3.05, 3.63) is 24.2 Å². The van der Waals surface area contributed by atoms with Crippen molar-refractivity contribution in [2.24, 2.45) is 0 Å². The molecule has 1 saturated carbocycles. The lowest BCUT2D eigenvalue weighted by Crippen LogP contribution is -2.24. The van der Waals surface area contributed by atoms with Gasteiger partial charge >= 0.3 is 0 Å². The molecule has 1 aliphatic carbocycles. The number of hydrogen-bond acceptors (Lipinski definition) is 4. The topological polar surface area (TPSA) is 54.2 Å². The number of fused-ring (bicyclic) bond motifs is 1. The normalized spacial score (nSPS) is 15.4. The van der Waals surface area contributed by atoms with Crippen molar-refractivity contribution >= 4 is 11.3 Å². The Hall–Kier alpha value is -1.62. The van der Waals surface area contributed by atoms with Gasteiger partial charge in [0.2, 0.25) is 0 Å². The molecule has 0 radical (unpaired) electrons. The highest BCUT2D eigenvalue weighted by Crippen LogP contribution is 2.18. The number of nitrogens with zero attached hydrogens (tertiary/aromatic N) is 3. The van der Waals surface area contributed by atoms with Crippen LogP contribution in [0.3, 0.4) is 0 Å². The summed E-state index contributed by atoms with van der Waals surface area (Å²) in [5, 5.41) is 11.2. The average Bonchev–Trinajstić information content (AvgIpc) is 3.05. The molecule has 1 aliphatic rings. The van der Waals surface area contributed by atoms with Crippen LogP contribution in [0.2, 0.25) is 0 Å². The Bertz CT molecular complexity index is 515. The molecular weight excluding hydrogens is 214 g/mol. The van der Waals surface area contributed by atoms with Crippen LogP contribution >= 0.6 is 0 Å². The Morgan fingerprint density at radius 2 is 2.29 bits per heavy atom. The quantitative estimate of drug-likeness (QED) is 0.759. The third kappa shape index (κ3) is 2.39. The molecule has 0 atom stereocenters. The highest BCUT2D eigenvalue weighted by atomic mass is 15.2. The largest absolute Gasteiger partial charge is 0.367 e. The second kappa shape index (κ2) is 4.33. The van der Waals surface area contributed by atoms with Gasteiger partial charge in [-0.05, 0) is 25.8 Å². The molecule has 0 amide bonds. The van der Waals surface area contributed by atoms with Crippen molar-refractivity contribution in [3.8, 4) is 0 Å². The molecular formula is C12H17N5. The van der Waals surface area contributed by atoms with E-state index < -0.39 is 0 Å². The smallest absolute Gasteiger partial charge is 0.152 e. The summed E-state index contributed by atoms with van der Waals surface area (Å²) >= 11 is 0. The van der Waals surface area contributed by atoms with E-state index in [-0.39, 0.29) is 0 Å². The van der Waals surface area contributed by atoms with Gasteiger partial charge in [-0.25, -0.2) is 9.50 Å². The van der Waals surface area contributed by atoms with E-state index in [1.807, 2.05) is 23.7 Å². The lowest BCUT2D eigenvalue weighted by Gasteiger charge is -2.07. The van der Waals surface area contributed by atoms with E-state index >= 15 is 0 Å². The molecule has 3 rings (SSSR count). The number of nitrogens with one attached hydrogen (secondary N) is 2. The van der Waals surface area contributed by atoms with Gasteiger partial charge in [-0.3, -0.25) is 0 Å². The zero-order valence-electron chi connectivity index (χ0n) is 9.98. The summed E-state index contributed by atoms with van der Waals surface area (Å²) in [5.74, 6) is 0.908. The van der Waals surface area contributed by atoms with Crippen LogP contribution in [0.25, 0.3) is 5.52 Å². The second-order valence-corrected chi connectivity index (χ2v) is 4.55. The summed E-state index contributed by atoms with van der Waals surface area (Å²) in [7, 11) is 0. The predicted molar refractivity (Wildman–Crippen MR) is 67.2 cm³/mol. The fourth-order valence-electron chi connectivity index (χ4n) is 1.93. The maximum absolute atomic E-state index is 4.36. The SMILES string of the molecule is Cc1cc2c(NCCNC3CC3)nccn2n1. The van der Waals surface area contributed by atoms with E-state index in [0.29, 0.717) is 0 Å². The number of hydrogen-bond donors (Lipinski definition) is 2. The molecule has 2 N–H and O–H groups in total. The van der Waals surface area contributed by atoms with Gasteiger partial charge in [-0.15, -0.1) is 0 Å². The van der Waals surface area contributed by atoms with E-state index in [1.54, 1.807) is 6.20 Å². The van der Waals surface area contributed by atoms with Gasteiger partial charge in [-0.2, -0.15) is 5.10 Å². The molecule has 0 spiro atoms. The third-order valence-corrected chi connectivity index (χ3v) is 2.94. The van der Waals surface area contributed by atoms with Crippen LogP contribution in [0.5, 0.6) is 0 Å². The van der Waals surface area contributed by atoms with Crippen molar-refractivity contribution in [1.29, 1.82) is 0 Å². The van der Waals surface area contributed by atoms with Crippen LogP contribution in [0.15, 0.2) is 18.5 Å². The Morgan fingerprint density at radius 3 is 3.12 bits per heavy atom. The van der Waals surface area contributed by atoms with Crippen LogP contribution in [0, 0.1) is 6.92 Å². The van der Waals surface area contributed by atoms with Crippen molar-refractivity contribution in [2.75, 3.05) is 18.4 Å². The number of anilines is 1. The molecule has 5 nitrogen and oxygen atoms in total. The molecule has 17 heavy (non-hydrogen) atoms. The first kappa shape index (κ1) is 10.5. The van der Waals surface area contributed by atoms with E-state index in [2.05, 4.69) is 20.7 Å². The summed E-state index contributed by atoms with van der Waals surface area (Å²) in [5.41, 5.74) is 2.05. The summed E-state index contributed by atoms with van der Waals surface area (Å²) < 4.78 is 1.86. The lowest BCUT2D eigenvalue weighted by molar-refractivity contribution is 0.700. The molecule has 2 heterocycles. The van der Waals surface area contributed by atoms with Gasteiger partial charge in [0, 0.05) is 31.5 Å². The summed E-state index contributed by atoms with van der Waals surface area (Å²) in [6.07, 6.45) is 6.30. The van der Waals surface area contributed by atoms with Gasteiger partial charge < -0.3 is 10.6 Å². The maximum atomic E-state index is 4.36. The highest BCUT2D eigenvalue weighted by molar-refractivity contribution is 5.67. The van der Waals surface area contributed by atoms with Crippen molar-refractivity contribution in [2.45, 2.75) is 25.8 Å². The number of aryl methyl sites for hydroxylation is 1. The zero-order valence-corrected chi connectivity index (χ0v) is 9.98. The summed E-state index contributed by atoms with van der Waals surface area (Å²) in [6, 6.07) is 2.81. The fraction of sp³-hybridized carbons (Fsp3) is 0.500. The van der Waals surface area contributed by atoms with Crippen molar-refractivity contribution in [3.63, 3.8) is 0 Å². The van der Waals surface area contributed by atoms with Crippen LogP contribution in [0.4, 0.5) is 5.82 Å². The van der Waals surface area contributed by atoms with Gasteiger partial charge in [0.1, 0.15) is 5.52 Å². The second-order valence-electron chi connectivity index (χ2n) is 4.55. The predicted octanol–water partition coefficient (Wildman–Crippen LogP) is 1.20. The molecule has 0 aliphatic heterocycles. The van der Waals surface area contributed by atoms with Gasteiger partial charge in [-0.1, -0.05) is 0 Å². The standard InChI is InChI=1S/C12H17N5/c1-9-8-11-12(15-6-7-17(11)16-9)14-5-4-13-10-2-3-10/h6-8,10,13H,2-5H2,1H3,(H,14,15). The first-order valence-corrected chi connectivity index (χ1v) is 6.11. The molecule has 90 valence electrons. The average molecular weight is 231 g/mol. The summed E-state index contributed by atoms with van der Waals surface area (Å²) in [6.45, 7) is 3.87. The summed E-state index contributed by atoms with van der Waals surface area (Å²) in [4.78, 5) is 4.35. The lowest BCUT2D eigenvalue weighted by atomic mass is 10.4. The Kier molecular flexibility index (Phi) is 2.68. The van der Waals surface area contributed by atoms with E-state index in [0.717, 1.165) is 36.2 Å². The van der Waals surface area contributed by atoms with Gasteiger partial charge in [0.25, 0.3) is 0 Å². The van der Waals surface area contributed by atoms with Crippen LogP contribution in [-0.2, 0) is 0 Å². The Labute approximate surface area is 100 Å². The van der Waals surface area contributed by atoms with Crippen LogP contribution < -0.4 is 10.6 Å².